The molecule has 4 heteroatoms. The van der Waals surface area contributed by atoms with Crippen molar-refractivity contribution < 1.29 is 9.50 Å². The molecule has 0 saturated carbocycles. The van der Waals surface area contributed by atoms with E-state index in [0.29, 0.717) is 12.0 Å². The van der Waals surface area contributed by atoms with E-state index >= 15 is 0 Å². The molecule has 0 spiro atoms. The van der Waals surface area contributed by atoms with Gasteiger partial charge in [0.25, 0.3) is 0 Å². The quantitative estimate of drug-likeness (QED) is 0.882. The summed E-state index contributed by atoms with van der Waals surface area (Å²) in [6.07, 6.45) is 0.725. The second-order valence-corrected chi connectivity index (χ2v) is 5.04. The summed E-state index contributed by atoms with van der Waals surface area (Å²) < 4.78 is 12.9. The maximum atomic E-state index is 12.9. The molecule has 0 aliphatic carbocycles. The summed E-state index contributed by atoms with van der Waals surface area (Å²) in [4.78, 5) is 0. The van der Waals surface area contributed by atoms with Crippen molar-refractivity contribution in [1.29, 1.82) is 0 Å². The highest BCUT2D eigenvalue weighted by Crippen LogP contribution is 2.27. The molecule has 2 rings (SSSR count). The maximum absolute atomic E-state index is 12.9. The van der Waals surface area contributed by atoms with Crippen molar-refractivity contribution in [3.8, 4) is 0 Å². The summed E-state index contributed by atoms with van der Waals surface area (Å²) in [6.45, 7) is 0. The maximum Gasteiger partial charge on any atom is 0.124 e. The molecule has 1 atom stereocenters. The SMILES string of the molecule is OC(CCc1ccsc1)c1ccc(F)cc1Cl. The van der Waals surface area contributed by atoms with E-state index in [9.17, 15) is 9.50 Å². The van der Waals surface area contributed by atoms with Crippen LogP contribution in [0.4, 0.5) is 4.39 Å². The minimum atomic E-state index is -0.650. The third-order valence-electron chi connectivity index (χ3n) is 2.61. The first-order valence-electron chi connectivity index (χ1n) is 5.31. The van der Waals surface area contributed by atoms with Gasteiger partial charge in [-0.15, -0.1) is 0 Å². The molecule has 0 saturated heterocycles. The summed E-state index contributed by atoms with van der Waals surface area (Å²) in [5.74, 6) is -0.385. The van der Waals surface area contributed by atoms with Crippen LogP contribution in [-0.4, -0.2) is 5.11 Å². The van der Waals surface area contributed by atoms with Crippen molar-refractivity contribution in [2.45, 2.75) is 18.9 Å². The van der Waals surface area contributed by atoms with Gasteiger partial charge in [-0.1, -0.05) is 17.7 Å². The Bertz CT molecular complexity index is 484. The predicted octanol–water partition coefficient (Wildman–Crippen LogP) is 4.21. The Balaban J connectivity index is 2.01. The van der Waals surface area contributed by atoms with Gasteiger partial charge in [0.1, 0.15) is 5.82 Å². The summed E-state index contributed by atoms with van der Waals surface area (Å²) in [5, 5.41) is 14.3. The number of thiophene rings is 1. The van der Waals surface area contributed by atoms with Crippen molar-refractivity contribution in [2.24, 2.45) is 0 Å². The van der Waals surface area contributed by atoms with E-state index in [2.05, 4.69) is 5.38 Å². The standard InChI is InChI=1S/C13H12ClFOS/c14-12-7-10(15)2-3-11(12)13(16)4-1-9-5-6-17-8-9/h2-3,5-8,13,16H,1,4H2. The first-order valence-corrected chi connectivity index (χ1v) is 6.63. The Labute approximate surface area is 108 Å². The zero-order valence-corrected chi connectivity index (χ0v) is 10.6. The number of hydrogen-bond donors (Lipinski definition) is 1. The molecule has 0 aliphatic rings. The molecule has 1 nitrogen and oxygen atoms in total. The van der Waals surface area contributed by atoms with Crippen LogP contribution in [0.1, 0.15) is 23.7 Å². The van der Waals surface area contributed by atoms with Crippen LogP contribution < -0.4 is 0 Å². The molecule has 0 radical (unpaired) electrons. The molecule has 90 valence electrons. The lowest BCUT2D eigenvalue weighted by Gasteiger charge is -2.12. The molecule has 1 aromatic carbocycles. The third kappa shape index (κ3) is 3.28. The molecule has 1 aromatic heterocycles. The number of rotatable bonds is 4. The normalized spacial score (nSPS) is 12.6. The Morgan fingerprint density at radius 2 is 2.18 bits per heavy atom. The molecule has 17 heavy (non-hydrogen) atoms. The van der Waals surface area contributed by atoms with Gasteiger partial charge >= 0.3 is 0 Å². The smallest absolute Gasteiger partial charge is 0.124 e. The number of aryl methyl sites for hydroxylation is 1. The highest BCUT2D eigenvalue weighted by Gasteiger charge is 2.12. The van der Waals surface area contributed by atoms with E-state index in [1.165, 1.54) is 23.8 Å². The second-order valence-electron chi connectivity index (χ2n) is 3.85. The molecular weight excluding hydrogens is 259 g/mol. The van der Waals surface area contributed by atoms with E-state index in [1.54, 1.807) is 11.3 Å². The monoisotopic (exact) mass is 270 g/mol. The van der Waals surface area contributed by atoms with Gasteiger partial charge in [0, 0.05) is 5.02 Å². The zero-order chi connectivity index (χ0) is 12.3. The topological polar surface area (TPSA) is 20.2 Å². The number of aliphatic hydroxyl groups excluding tert-OH is 1. The van der Waals surface area contributed by atoms with Crippen LogP contribution in [0.25, 0.3) is 0 Å². The molecule has 1 N–H and O–H groups in total. The number of aliphatic hydroxyl groups is 1. The fourth-order valence-electron chi connectivity index (χ4n) is 1.67. The minimum Gasteiger partial charge on any atom is -0.388 e. The number of halogens is 2. The first-order chi connectivity index (χ1) is 8.16. The highest BCUT2D eigenvalue weighted by molar-refractivity contribution is 7.07. The van der Waals surface area contributed by atoms with Crippen molar-refractivity contribution in [3.63, 3.8) is 0 Å². The molecule has 0 aliphatic heterocycles. The van der Waals surface area contributed by atoms with Crippen molar-refractivity contribution in [3.05, 3.63) is 57.0 Å². The molecule has 0 fully saturated rings. The van der Waals surface area contributed by atoms with Gasteiger partial charge in [-0.2, -0.15) is 11.3 Å². The van der Waals surface area contributed by atoms with Crippen molar-refractivity contribution >= 4 is 22.9 Å². The highest BCUT2D eigenvalue weighted by atomic mass is 35.5. The molecule has 0 amide bonds. The van der Waals surface area contributed by atoms with Crippen LogP contribution in [0.2, 0.25) is 5.02 Å². The van der Waals surface area contributed by atoms with Gasteiger partial charge in [-0.3, -0.25) is 0 Å². The summed E-state index contributed by atoms with van der Waals surface area (Å²) in [5.41, 5.74) is 1.79. The molecular formula is C13H12ClFOS. The largest absolute Gasteiger partial charge is 0.388 e. The van der Waals surface area contributed by atoms with E-state index in [-0.39, 0.29) is 10.8 Å². The fourth-order valence-corrected chi connectivity index (χ4v) is 2.66. The first kappa shape index (κ1) is 12.6. The summed E-state index contributed by atoms with van der Waals surface area (Å²) in [6, 6.07) is 6.11. The predicted molar refractivity (Wildman–Crippen MR) is 69.0 cm³/mol. The van der Waals surface area contributed by atoms with Crippen LogP contribution in [0.5, 0.6) is 0 Å². The zero-order valence-electron chi connectivity index (χ0n) is 9.07. The minimum absolute atomic E-state index is 0.280. The van der Waals surface area contributed by atoms with Gasteiger partial charge in [0.15, 0.2) is 0 Å². The van der Waals surface area contributed by atoms with E-state index in [1.807, 2.05) is 11.4 Å². The van der Waals surface area contributed by atoms with Crippen LogP contribution in [-0.2, 0) is 6.42 Å². The van der Waals surface area contributed by atoms with Crippen LogP contribution in [0.3, 0.4) is 0 Å². The van der Waals surface area contributed by atoms with Gasteiger partial charge in [-0.25, -0.2) is 4.39 Å². The Hall–Kier alpha value is -0.900. The van der Waals surface area contributed by atoms with E-state index in [0.717, 1.165) is 6.42 Å². The average molecular weight is 271 g/mol. The van der Waals surface area contributed by atoms with Crippen LogP contribution >= 0.6 is 22.9 Å². The summed E-state index contributed by atoms with van der Waals surface area (Å²) in [7, 11) is 0. The van der Waals surface area contributed by atoms with Crippen LogP contribution in [0.15, 0.2) is 35.0 Å². The fraction of sp³-hybridized carbons (Fsp3) is 0.231. The lowest BCUT2D eigenvalue weighted by Crippen LogP contribution is -2.00. The lowest BCUT2D eigenvalue weighted by atomic mass is 10.0. The van der Waals surface area contributed by atoms with E-state index in [4.69, 9.17) is 11.6 Å². The molecule has 0 bridgehead atoms. The second kappa shape index (κ2) is 5.63. The van der Waals surface area contributed by atoms with Gasteiger partial charge < -0.3 is 5.11 Å². The molecule has 1 heterocycles. The number of benzene rings is 1. The Morgan fingerprint density at radius 1 is 1.35 bits per heavy atom. The average Bonchev–Trinajstić information content (AvgIpc) is 2.78. The van der Waals surface area contributed by atoms with Gasteiger partial charge in [0.05, 0.1) is 6.10 Å². The van der Waals surface area contributed by atoms with Crippen LogP contribution in [0, 0.1) is 5.82 Å². The Morgan fingerprint density at radius 3 is 2.82 bits per heavy atom. The van der Waals surface area contributed by atoms with E-state index < -0.39 is 6.10 Å². The Kier molecular flexibility index (Phi) is 4.15. The van der Waals surface area contributed by atoms with Crippen molar-refractivity contribution in [2.75, 3.05) is 0 Å². The molecule has 1 unspecified atom stereocenters. The van der Waals surface area contributed by atoms with Gasteiger partial charge in [-0.05, 0) is 52.9 Å². The van der Waals surface area contributed by atoms with Crippen molar-refractivity contribution in [1.82, 2.24) is 0 Å². The number of hydrogen-bond acceptors (Lipinski definition) is 2. The third-order valence-corrected chi connectivity index (χ3v) is 3.67. The lowest BCUT2D eigenvalue weighted by molar-refractivity contribution is 0.168. The molecule has 2 aromatic rings. The summed E-state index contributed by atoms with van der Waals surface area (Å²) >= 11 is 7.52. The van der Waals surface area contributed by atoms with Gasteiger partial charge in [0.2, 0.25) is 0 Å².